The Morgan fingerprint density at radius 3 is 2.88 bits per heavy atom. The minimum absolute atomic E-state index is 0.0973. The van der Waals surface area contributed by atoms with Crippen LogP contribution in [-0.4, -0.2) is 50.7 Å². The van der Waals surface area contributed by atoms with Crippen LogP contribution in [-0.2, 0) is 0 Å². The van der Waals surface area contributed by atoms with Crippen molar-refractivity contribution in [3.63, 3.8) is 0 Å². The van der Waals surface area contributed by atoms with Crippen LogP contribution in [0.4, 0.5) is 0 Å². The third-order valence-corrected chi connectivity index (χ3v) is 4.84. The highest BCUT2D eigenvalue weighted by Gasteiger charge is 2.41. The summed E-state index contributed by atoms with van der Waals surface area (Å²) in [5.41, 5.74) is 1.11. The van der Waals surface area contributed by atoms with Gasteiger partial charge >= 0.3 is 0 Å². The Morgan fingerprint density at radius 1 is 1.31 bits per heavy atom. The molecule has 1 amide bonds. The number of likely N-dealkylation sites (tertiary alicyclic amines) is 1. The highest BCUT2D eigenvalue weighted by Crippen LogP contribution is 2.27. The molecule has 134 valence electrons. The topological polar surface area (TPSA) is 78.5 Å². The second kappa shape index (κ2) is 6.46. The van der Waals surface area contributed by atoms with Gasteiger partial charge in [0.1, 0.15) is 17.5 Å². The summed E-state index contributed by atoms with van der Waals surface area (Å²) in [7, 11) is 0. The van der Waals surface area contributed by atoms with E-state index in [2.05, 4.69) is 9.97 Å². The predicted molar refractivity (Wildman–Crippen MR) is 98.1 cm³/mol. The molecule has 0 radical (unpaired) electrons. The van der Waals surface area contributed by atoms with Gasteiger partial charge in [0.2, 0.25) is 0 Å². The van der Waals surface area contributed by atoms with Crippen LogP contribution in [0.5, 0.6) is 5.75 Å². The molecule has 1 fully saturated rings. The molecule has 6 nitrogen and oxygen atoms in total. The number of hydrogen-bond acceptors (Lipinski definition) is 4. The van der Waals surface area contributed by atoms with Gasteiger partial charge < -0.3 is 19.7 Å². The van der Waals surface area contributed by atoms with E-state index in [1.807, 2.05) is 36.4 Å². The fourth-order valence-corrected chi connectivity index (χ4v) is 3.43. The third kappa shape index (κ3) is 3.15. The number of aromatic amines is 1. The van der Waals surface area contributed by atoms with Gasteiger partial charge in [-0.15, -0.1) is 0 Å². The van der Waals surface area contributed by atoms with E-state index in [0.717, 1.165) is 16.8 Å². The van der Waals surface area contributed by atoms with Gasteiger partial charge in [-0.25, -0.2) is 4.98 Å². The van der Waals surface area contributed by atoms with Gasteiger partial charge in [0.05, 0.1) is 23.9 Å². The molecule has 3 aromatic rings. The summed E-state index contributed by atoms with van der Waals surface area (Å²) in [6.45, 7) is 2.48. The molecule has 0 saturated carbocycles. The highest BCUT2D eigenvalue weighted by molar-refractivity contribution is 5.97. The SMILES string of the molecule is C[C@]1(O)CN(C(=O)c2ccc3nc[nH]c3c2)CC[C@@H]1Oc1ccccc1. The van der Waals surface area contributed by atoms with E-state index in [1.54, 1.807) is 30.3 Å². The molecule has 0 spiro atoms. The minimum Gasteiger partial charge on any atom is -0.487 e. The Kier molecular flexibility index (Phi) is 4.12. The summed E-state index contributed by atoms with van der Waals surface area (Å²) in [6.07, 6.45) is 1.82. The van der Waals surface area contributed by atoms with Crippen molar-refractivity contribution in [2.24, 2.45) is 0 Å². The number of carbonyl (C=O) groups excluding carboxylic acids is 1. The van der Waals surface area contributed by atoms with Crippen molar-refractivity contribution >= 4 is 16.9 Å². The molecule has 2 aromatic carbocycles. The van der Waals surface area contributed by atoms with Crippen molar-refractivity contribution in [1.82, 2.24) is 14.9 Å². The van der Waals surface area contributed by atoms with Crippen LogP contribution < -0.4 is 4.74 Å². The summed E-state index contributed by atoms with van der Waals surface area (Å²) in [6, 6.07) is 14.8. The quantitative estimate of drug-likeness (QED) is 0.760. The molecule has 2 atom stereocenters. The number of benzene rings is 2. The standard InChI is InChI=1S/C20H21N3O3/c1-20(25)12-23(10-9-18(20)26-15-5-3-2-4-6-15)19(24)14-7-8-16-17(11-14)22-13-21-16/h2-8,11,13,18,25H,9-10,12H2,1H3,(H,21,22)/t18-,20-/m0/s1. The molecule has 1 saturated heterocycles. The lowest BCUT2D eigenvalue weighted by Gasteiger charge is -2.42. The molecule has 2 N–H and O–H groups in total. The zero-order valence-electron chi connectivity index (χ0n) is 14.6. The van der Waals surface area contributed by atoms with Crippen LogP contribution in [0.1, 0.15) is 23.7 Å². The molecule has 0 aliphatic carbocycles. The van der Waals surface area contributed by atoms with Crippen LogP contribution >= 0.6 is 0 Å². The summed E-state index contributed by atoms with van der Waals surface area (Å²) >= 11 is 0. The average Bonchev–Trinajstić information content (AvgIpc) is 3.11. The minimum atomic E-state index is -1.12. The summed E-state index contributed by atoms with van der Waals surface area (Å²) < 4.78 is 5.95. The molecule has 26 heavy (non-hydrogen) atoms. The number of H-pyrrole nitrogens is 1. The molecule has 1 aliphatic rings. The molecular weight excluding hydrogens is 330 g/mol. The maximum absolute atomic E-state index is 12.9. The molecule has 4 rings (SSSR count). The van der Waals surface area contributed by atoms with Gasteiger partial charge in [0.15, 0.2) is 0 Å². The normalized spacial score (nSPS) is 23.2. The van der Waals surface area contributed by atoms with Gasteiger partial charge in [-0.05, 0) is 37.3 Å². The predicted octanol–water partition coefficient (Wildman–Crippen LogP) is 2.61. The van der Waals surface area contributed by atoms with Gasteiger partial charge in [-0.2, -0.15) is 0 Å². The number of para-hydroxylation sites is 1. The van der Waals surface area contributed by atoms with Crippen molar-refractivity contribution in [3.05, 3.63) is 60.4 Å². The summed E-state index contributed by atoms with van der Waals surface area (Å²) in [5.74, 6) is 0.627. The van der Waals surface area contributed by atoms with E-state index in [1.165, 1.54) is 0 Å². The van der Waals surface area contributed by atoms with E-state index < -0.39 is 5.60 Å². The molecule has 2 heterocycles. The second-order valence-corrected chi connectivity index (χ2v) is 6.93. The van der Waals surface area contributed by atoms with Crippen LogP contribution in [0, 0.1) is 0 Å². The van der Waals surface area contributed by atoms with Crippen LogP contribution in [0.25, 0.3) is 11.0 Å². The van der Waals surface area contributed by atoms with Crippen LogP contribution in [0.15, 0.2) is 54.9 Å². The van der Waals surface area contributed by atoms with Crippen molar-refractivity contribution in [1.29, 1.82) is 0 Å². The number of aliphatic hydroxyl groups is 1. The van der Waals surface area contributed by atoms with Crippen LogP contribution in [0.2, 0.25) is 0 Å². The van der Waals surface area contributed by atoms with Crippen molar-refractivity contribution in [3.8, 4) is 5.75 Å². The number of β-amino-alcohol motifs (C(OH)–C–C–N with tert-alkyl or cyclic N) is 1. The molecule has 6 heteroatoms. The number of hydrogen-bond donors (Lipinski definition) is 2. The number of fused-ring (bicyclic) bond motifs is 1. The first-order valence-corrected chi connectivity index (χ1v) is 8.69. The number of aromatic nitrogens is 2. The average molecular weight is 351 g/mol. The largest absolute Gasteiger partial charge is 0.487 e. The maximum Gasteiger partial charge on any atom is 0.254 e. The fourth-order valence-electron chi connectivity index (χ4n) is 3.43. The monoisotopic (exact) mass is 351 g/mol. The zero-order chi connectivity index (χ0) is 18.1. The number of carbonyl (C=O) groups is 1. The van der Waals surface area contributed by atoms with Crippen molar-refractivity contribution in [2.45, 2.75) is 25.0 Å². The third-order valence-electron chi connectivity index (χ3n) is 4.84. The lowest BCUT2D eigenvalue weighted by atomic mass is 9.91. The first kappa shape index (κ1) is 16.6. The Labute approximate surface area is 151 Å². The molecule has 0 unspecified atom stereocenters. The number of nitrogens with one attached hydrogen (secondary N) is 1. The Balaban J connectivity index is 1.48. The number of imidazole rings is 1. The van der Waals surface area contributed by atoms with Crippen molar-refractivity contribution in [2.75, 3.05) is 13.1 Å². The lowest BCUT2D eigenvalue weighted by molar-refractivity contribution is -0.0899. The first-order chi connectivity index (χ1) is 12.5. The second-order valence-electron chi connectivity index (χ2n) is 6.93. The molecule has 1 aliphatic heterocycles. The van der Waals surface area contributed by atoms with Gasteiger partial charge in [-0.3, -0.25) is 4.79 Å². The highest BCUT2D eigenvalue weighted by atomic mass is 16.5. The maximum atomic E-state index is 12.9. The van der Waals surface area contributed by atoms with E-state index in [0.29, 0.717) is 18.5 Å². The van der Waals surface area contributed by atoms with E-state index in [9.17, 15) is 9.90 Å². The lowest BCUT2D eigenvalue weighted by Crippen LogP contribution is -2.58. The summed E-state index contributed by atoms with van der Waals surface area (Å²) in [4.78, 5) is 21.7. The number of piperidine rings is 1. The van der Waals surface area contributed by atoms with E-state index in [4.69, 9.17) is 4.74 Å². The number of rotatable bonds is 3. The van der Waals surface area contributed by atoms with Gasteiger partial charge in [0, 0.05) is 18.5 Å². The fraction of sp³-hybridized carbons (Fsp3) is 0.300. The first-order valence-electron chi connectivity index (χ1n) is 8.69. The van der Waals surface area contributed by atoms with E-state index >= 15 is 0 Å². The Morgan fingerprint density at radius 2 is 2.12 bits per heavy atom. The molecule has 1 aromatic heterocycles. The van der Waals surface area contributed by atoms with Crippen molar-refractivity contribution < 1.29 is 14.6 Å². The van der Waals surface area contributed by atoms with Crippen LogP contribution in [0.3, 0.4) is 0 Å². The Bertz CT molecular complexity index is 920. The molecule has 0 bridgehead atoms. The zero-order valence-corrected chi connectivity index (χ0v) is 14.6. The number of nitrogens with zero attached hydrogens (tertiary/aromatic N) is 2. The van der Waals surface area contributed by atoms with Gasteiger partial charge in [0.25, 0.3) is 5.91 Å². The number of ether oxygens (including phenoxy) is 1. The smallest absolute Gasteiger partial charge is 0.254 e. The summed E-state index contributed by atoms with van der Waals surface area (Å²) in [5, 5.41) is 10.9. The Hall–Kier alpha value is -2.86. The molecular formula is C20H21N3O3. The van der Waals surface area contributed by atoms with E-state index in [-0.39, 0.29) is 18.6 Å². The number of amides is 1. The van der Waals surface area contributed by atoms with Gasteiger partial charge in [-0.1, -0.05) is 18.2 Å².